The molecule has 11 rings (SSSR count). The van der Waals surface area contributed by atoms with Gasteiger partial charge in [-0.05, 0) is 129 Å². The molecular formula is C51H46BNOS. The minimum atomic E-state index is 0.0925. The van der Waals surface area contributed by atoms with Gasteiger partial charge < -0.3 is 9.32 Å². The van der Waals surface area contributed by atoms with E-state index in [0.717, 1.165) is 11.2 Å². The number of hydrogen-bond acceptors (Lipinski definition) is 3. The molecular weight excluding hydrogens is 685 g/mol. The summed E-state index contributed by atoms with van der Waals surface area (Å²) in [5.41, 5.74) is 21.3. The second-order valence-corrected chi connectivity index (χ2v) is 19.2. The van der Waals surface area contributed by atoms with Crippen molar-refractivity contribution in [2.45, 2.75) is 84.9 Å². The number of thiophene rings is 1. The van der Waals surface area contributed by atoms with Crippen molar-refractivity contribution in [3.63, 3.8) is 0 Å². The molecule has 1 unspecified atom stereocenters. The summed E-state index contributed by atoms with van der Waals surface area (Å²) in [6.07, 6.45) is 2.39. The van der Waals surface area contributed by atoms with Gasteiger partial charge in [0, 0.05) is 54.3 Å². The zero-order chi connectivity index (χ0) is 37.7. The van der Waals surface area contributed by atoms with Gasteiger partial charge in [0.15, 0.2) is 0 Å². The van der Waals surface area contributed by atoms with E-state index < -0.39 is 0 Å². The van der Waals surface area contributed by atoms with Crippen LogP contribution >= 0.6 is 11.3 Å². The number of furan rings is 1. The van der Waals surface area contributed by atoms with Gasteiger partial charge in [-0.15, -0.1) is 11.3 Å². The Morgan fingerprint density at radius 1 is 0.673 bits per heavy atom. The monoisotopic (exact) mass is 731 g/mol. The smallest absolute Gasteiger partial charge is 0.212 e. The lowest BCUT2D eigenvalue weighted by Gasteiger charge is -2.44. The maximum absolute atomic E-state index is 6.60. The number of fused-ring (bicyclic) bond motifs is 11. The second-order valence-electron chi connectivity index (χ2n) is 18.1. The largest absolute Gasteiger partial charge is 0.456 e. The van der Waals surface area contributed by atoms with Gasteiger partial charge in [0.2, 0.25) is 6.71 Å². The van der Waals surface area contributed by atoms with Gasteiger partial charge in [-0.25, -0.2) is 0 Å². The van der Waals surface area contributed by atoms with Gasteiger partial charge in [-0.1, -0.05) is 108 Å². The fraction of sp³-hybridized carbons (Fsp3) is 0.255. The quantitative estimate of drug-likeness (QED) is 0.165. The van der Waals surface area contributed by atoms with Crippen molar-refractivity contribution in [2.24, 2.45) is 0 Å². The lowest BCUT2D eigenvalue weighted by atomic mass is 9.39. The third-order valence-corrected chi connectivity index (χ3v) is 15.1. The molecule has 6 aromatic carbocycles. The van der Waals surface area contributed by atoms with Gasteiger partial charge in [0.25, 0.3) is 0 Å². The summed E-state index contributed by atoms with van der Waals surface area (Å²) in [5.74, 6) is 0.320. The summed E-state index contributed by atoms with van der Waals surface area (Å²) in [4.78, 5) is 4.12. The number of aryl methyl sites for hydroxylation is 2. The zero-order valence-electron chi connectivity index (χ0n) is 33.1. The van der Waals surface area contributed by atoms with Gasteiger partial charge >= 0.3 is 0 Å². The van der Waals surface area contributed by atoms with Crippen LogP contribution in [0.5, 0.6) is 0 Å². The van der Waals surface area contributed by atoms with Crippen LogP contribution in [0.1, 0.15) is 86.1 Å². The first-order valence-corrected chi connectivity index (χ1v) is 20.9. The predicted octanol–water partition coefficient (Wildman–Crippen LogP) is 13.6. The minimum absolute atomic E-state index is 0.0925. The molecule has 8 aromatic rings. The van der Waals surface area contributed by atoms with Gasteiger partial charge in [-0.2, -0.15) is 0 Å². The number of hydrogen-bond donors (Lipinski definition) is 0. The van der Waals surface area contributed by atoms with Crippen LogP contribution in [0.4, 0.5) is 17.1 Å². The molecule has 0 spiro atoms. The Bertz CT molecular complexity index is 2960. The molecule has 3 heterocycles. The molecule has 2 aromatic heterocycles. The molecule has 4 heteroatoms. The van der Waals surface area contributed by atoms with Crippen molar-refractivity contribution in [2.75, 3.05) is 4.90 Å². The van der Waals surface area contributed by atoms with Crippen molar-refractivity contribution in [3.05, 3.63) is 136 Å². The lowest BCUT2D eigenvalue weighted by molar-refractivity contribution is 0.332. The maximum Gasteiger partial charge on any atom is 0.212 e. The standard InChI is InChI=1S/C51H46BNOS/c1-28-22-36(32-16-13-17-34-46(32)30(3)49-47(34)33-15-10-12-19-45(33)55-49)48-42(23-28)53(40-26-38-37(24-29(40)2)50(4,5)20-21-51(38,6)7)41-25-35-31-14-9-11-18-43(31)54-44(35)27-39(41)52(48)8/h9-19,22-27,30H,20-21H2,1-8H3. The molecule has 2 nitrogen and oxygen atoms in total. The maximum atomic E-state index is 6.60. The van der Waals surface area contributed by atoms with Crippen LogP contribution in [0, 0.1) is 13.8 Å². The fourth-order valence-corrected chi connectivity index (χ4v) is 12.0. The third-order valence-electron chi connectivity index (χ3n) is 13.7. The molecule has 3 aliphatic rings. The highest BCUT2D eigenvalue weighted by Crippen LogP contribution is 2.56. The van der Waals surface area contributed by atoms with Crippen molar-refractivity contribution in [1.82, 2.24) is 0 Å². The Labute approximate surface area is 328 Å². The molecule has 270 valence electrons. The number of rotatable bonds is 2. The highest BCUT2D eigenvalue weighted by Gasteiger charge is 2.41. The number of benzene rings is 6. The van der Waals surface area contributed by atoms with E-state index >= 15 is 0 Å². The lowest BCUT2D eigenvalue weighted by Crippen LogP contribution is -2.49. The summed E-state index contributed by atoms with van der Waals surface area (Å²) in [5, 5.41) is 3.73. The Balaban J connectivity index is 1.21. The molecule has 0 radical (unpaired) electrons. The normalized spacial score (nSPS) is 17.7. The molecule has 55 heavy (non-hydrogen) atoms. The highest BCUT2D eigenvalue weighted by atomic mass is 32.1. The second kappa shape index (κ2) is 11.3. The first kappa shape index (κ1) is 33.3. The minimum Gasteiger partial charge on any atom is -0.456 e. The van der Waals surface area contributed by atoms with Crippen molar-refractivity contribution in [3.8, 4) is 22.3 Å². The van der Waals surface area contributed by atoms with E-state index in [-0.39, 0.29) is 17.5 Å². The van der Waals surface area contributed by atoms with Gasteiger partial charge in [0.05, 0.1) is 0 Å². The molecule has 1 atom stereocenters. The van der Waals surface area contributed by atoms with Crippen LogP contribution < -0.4 is 15.8 Å². The van der Waals surface area contributed by atoms with E-state index in [1.54, 1.807) is 0 Å². The molecule has 0 saturated carbocycles. The van der Waals surface area contributed by atoms with Crippen LogP contribution in [-0.2, 0) is 10.8 Å². The van der Waals surface area contributed by atoms with E-state index in [1.807, 2.05) is 11.3 Å². The summed E-state index contributed by atoms with van der Waals surface area (Å²) in [7, 11) is 0. The topological polar surface area (TPSA) is 16.4 Å². The van der Waals surface area contributed by atoms with Gasteiger partial charge in [0.1, 0.15) is 11.2 Å². The molecule has 2 aliphatic carbocycles. The van der Waals surface area contributed by atoms with Crippen molar-refractivity contribution in [1.29, 1.82) is 0 Å². The zero-order valence-corrected chi connectivity index (χ0v) is 34.0. The predicted molar refractivity (Wildman–Crippen MR) is 238 cm³/mol. The average Bonchev–Trinajstić information content (AvgIpc) is 3.82. The van der Waals surface area contributed by atoms with Crippen LogP contribution in [-0.4, -0.2) is 6.71 Å². The summed E-state index contributed by atoms with van der Waals surface area (Å²) < 4.78 is 7.98. The molecule has 0 saturated heterocycles. The summed E-state index contributed by atoms with van der Waals surface area (Å²) >= 11 is 1.97. The number of para-hydroxylation sites is 1. The van der Waals surface area contributed by atoms with E-state index in [0.29, 0.717) is 5.92 Å². The van der Waals surface area contributed by atoms with Crippen LogP contribution in [0.25, 0.3) is 54.3 Å². The Morgan fingerprint density at radius 2 is 1.38 bits per heavy atom. The van der Waals surface area contributed by atoms with Crippen molar-refractivity contribution >= 4 is 78.1 Å². The summed E-state index contributed by atoms with van der Waals surface area (Å²) in [6.45, 7) is 19.4. The Hall–Kier alpha value is -5.06. The fourth-order valence-electron chi connectivity index (χ4n) is 10.7. The first-order valence-electron chi connectivity index (χ1n) is 20.1. The van der Waals surface area contributed by atoms with Crippen LogP contribution in [0.2, 0.25) is 6.82 Å². The van der Waals surface area contributed by atoms with E-state index in [2.05, 4.69) is 163 Å². The highest BCUT2D eigenvalue weighted by molar-refractivity contribution is 7.20. The Morgan fingerprint density at radius 3 is 2.18 bits per heavy atom. The third kappa shape index (κ3) is 4.55. The molecule has 0 amide bonds. The van der Waals surface area contributed by atoms with Crippen LogP contribution in [0.15, 0.2) is 108 Å². The average molecular weight is 732 g/mol. The number of anilines is 3. The van der Waals surface area contributed by atoms with E-state index in [4.69, 9.17) is 4.42 Å². The Kier molecular flexibility index (Phi) is 6.82. The summed E-state index contributed by atoms with van der Waals surface area (Å²) in [6, 6.07) is 39.3. The van der Waals surface area contributed by atoms with E-state index in [1.165, 1.54) is 117 Å². The van der Waals surface area contributed by atoms with Gasteiger partial charge in [-0.3, -0.25) is 0 Å². The van der Waals surface area contributed by atoms with E-state index in [9.17, 15) is 0 Å². The van der Waals surface area contributed by atoms with Crippen LogP contribution in [0.3, 0.4) is 0 Å². The molecule has 0 N–H and O–H groups in total. The van der Waals surface area contributed by atoms with Crippen molar-refractivity contribution < 1.29 is 4.42 Å². The first-order chi connectivity index (χ1) is 26.4. The molecule has 0 fully saturated rings. The number of nitrogens with zero attached hydrogens (tertiary/aromatic N) is 1. The molecule has 1 aliphatic heterocycles. The molecule has 0 bridgehead atoms. The SMILES string of the molecule is CB1c2cc3oc4ccccc4c3cc2N(c2cc3c(cc2C)C(C)(C)CCC3(C)C)c2cc(C)cc(-c3cccc4c3C(C)c3sc5ccccc5c3-4)c21.